The molecule has 1 fully saturated rings. The fourth-order valence-electron chi connectivity index (χ4n) is 2.99. The molecule has 1 heterocycles. The second-order valence-corrected chi connectivity index (χ2v) is 5.44. The molecule has 1 unspecified atom stereocenters. The lowest BCUT2D eigenvalue weighted by molar-refractivity contribution is -0.125. The minimum Gasteiger partial charge on any atom is -0.325 e. The van der Waals surface area contributed by atoms with Crippen molar-refractivity contribution in [2.75, 3.05) is 18.9 Å². The minimum absolute atomic E-state index is 0.0827. The molecule has 1 spiro atoms. The molecule has 4 amide bonds. The Morgan fingerprint density at radius 3 is 2.71 bits per heavy atom. The zero-order valence-corrected chi connectivity index (χ0v) is 11.6. The molecule has 21 heavy (non-hydrogen) atoms. The maximum Gasteiger partial charge on any atom is 0.324 e. The number of likely N-dealkylation sites (N-methyl/N-ethyl adjacent to an activating group) is 1. The van der Waals surface area contributed by atoms with E-state index in [1.165, 1.54) is 4.90 Å². The van der Waals surface area contributed by atoms with Crippen molar-refractivity contribution in [3.63, 3.8) is 0 Å². The van der Waals surface area contributed by atoms with Crippen LogP contribution in [0.2, 0.25) is 0 Å². The van der Waals surface area contributed by atoms with E-state index in [-0.39, 0.29) is 24.4 Å². The number of amides is 4. The smallest absolute Gasteiger partial charge is 0.324 e. The fourth-order valence-corrected chi connectivity index (χ4v) is 2.99. The Bertz CT molecular complexity index is 658. The standard InChI is InChI=1S/C14H16N4O3/c1-18-13(21)17-12(20)14(18)5-8-2-3-10(4-9(8)6-14)16-11(19)7-15/h2-4H,5-7,15H2,1H3,(H,16,19)(H,17,20,21). The van der Waals surface area contributed by atoms with Gasteiger partial charge in [-0.15, -0.1) is 0 Å². The van der Waals surface area contributed by atoms with Gasteiger partial charge in [0, 0.05) is 25.6 Å². The van der Waals surface area contributed by atoms with Crippen LogP contribution in [0.1, 0.15) is 11.1 Å². The molecule has 1 aliphatic carbocycles. The number of nitrogens with two attached hydrogens (primary N) is 1. The highest BCUT2D eigenvalue weighted by atomic mass is 16.2. The van der Waals surface area contributed by atoms with Crippen LogP contribution in [-0.4, -0.2) is 41.9 Å². The Hall–Kier alpha value is -2.41. The Labute approximate surface area is 121 Å². The van der Waals surface area contributed by atoms with Crippen LogP contribution in [0.3, 0.4) is 0 Å². The molecule has 1 aliphatic heterocycles. The molecule has 110 valence electrons. The summed E-state index contributed by atoms with van der Waals surface area (Å²) < 4.78 is 0. The first-order chi connectivity index (χ1) is 9.96. The van der Waals surface area contributed by atoms with E-state index < -0.39 is 5.54 Å². The Morgan fingerprint density at radius 2 is 2.10 bits per heavy atom. The fraction of sp³-hybridized carbons (Fsp3) is 0.357. The number of hydrogen-bond donors (Lipinski definition) is 3. The van der Waals surface area contributed by atoms with E-state index >= 15 is 0 Å². The van der Waals surface area contributed by atoms with Gasteiger partial charge in [-0.25, -0.2) is 4.79 Å². The molecule has 1 aromatic carbocycles. The summed E-state index contributed by atoms with van der Waals surface area (Å²) in [5.74, 6) is -0.535. The molecule has 2 aliphatic rings. The van der Waals surface area contributed by atoms with Gasteiger partial charge in [0.05, 0.1) is 6.54 Å². The van der Waals surface area contributed by atoms with Gasteiger partial charge >= 0.3 is 6.03 Å². The van der Waals surface area contributed by atoms with E-state index in [2.05, 4.69) is 10.6 Å². The highest BCUT2D eigenvalue weighted by Gasteiger charge is 2.54. The van der Waals surface area contributed by atoms with Crippen LogP contribution in [0.25, 0.3) is 0 Å². The first kappa shape index (κ1) is 13.6. The number of urea groups is 1. The summed E-state index contributed by atoms with van der Waals surface area (Å²) in [6.07, 6.45) is 0.935. The first-order valence-electron chi connectivity index (χ1n) is 6.67. The molecule has 0 aromatic heterocycles. The highest BCUT2D eigenvalue weighted by Crippen LogP contribution is 2.37. The van der Waals surface area contributed by atoms with Gasteiger partial charge in [0.25, 0.3) is 5.91 Å². The Balaban J connectivity index is 1.89. The predicted molar refractivity (Wildman–Crippen MR) is 75.6 cm³/mol. The third-order valence-corrected chi connectivity index (χ3v) is 4.23. The lowest BCUT2D eigenvalue weighted by Gasteiger charge is -2.27. The van der Waals surface area contributed by atoms with E-state index in [0.717, 1.165) is 11.1 Å². The third kappa shape index (κ3) is 1.97. The van der Waals surface area contributed by atoms with Crippen LogP contribution >= 0.6 is 0 Å². The Morgan fingerprint density at radius 1 is 1.38 bits per heavy atom. The van der Waals surface area contributed by atoms with Crippen LogP contribution in [0.15, 0.2) is 18.2 Å². The molecule has 1 atom stereocenters. The number of imide groups is 1. The number of fused-ring (bicyclic) bond motifs is 1. The number of carbonyl (C=O) groups is 3. The quantitative estimate of drug-likeness (QED) is 0.644. The zero-order chi connectivity index (χ0) is 15.2. The molecule has 0 saturated carbocycles. The van der Waals surface area contributed by atoms with Crippen molar-refractivity contribution in [3.8, 4) is 0 Å². The van der Waals surface area contributed by atoms with Gasteiger partial charge in [-0.3, -0.25) is 14.9 Å². The van der Waals surface area contributed by atoms with E-state index in [0.29, 0.717) is 18.5 Å². The topological polar surface area (TPSA) is 105 Å². The SMILES string of the molecule is CN1C(=O)NC(=O)C12Cc1ccc(NC(=O)CN)cc1C2. The van der Waals surface area contributed by atoms with E-state index in [4.69, 9.17) is 5.73 Å². The van der Waals surface area contributed by atoms with Gasteiger partial charge in [0.15, 0.2) is 0 Å². The van der Waals surface area contributed by atoms with Crippen LogP contribution in [-0.2, 0) is 22.4 Å². The summed E-state index contributed by atoms with van der Waals surface area (Å²) in [5, 5.41) is 5.04. The van der Waals surface area contributed by atoms with Crippen LogP contribution in [0.4, 0.5) is 10.5 Å². The second-order valence-electron chi connectivity index (χ2n) is 5.44. The van der Waals surface area contributed by atoms with Crippen molar-refractivity contribution in [1.29, 1.82) is 0 Å². The van der Waals surface area contributed by atoms with E-state index in [9.17, 15) is 14.4 Å². The van der Waals surface area contributed by atoms with Gasteiger partial charge in [0.2, 0.25) is 5.91 Å². The highest BCUT2D eigenvalue weighted by molar-refractivity contribution is 6.07. The molecule has 7 nitrogen and oxygen atoms in total. The van der Waals surface area contributed by atoms with Crippen LogP contribution < -0.4 is 16.4 Å². The molecular formula is C14H16N4O3. The van der Waals surface area contributed by atoms with Crippen molar-refractivity contribution < 1.29 is 14.4 Å². The van der Waals surface area contributed by atoms with Gasteiger partial charge in [-0.05, 0) is 23.3 Å². The van der Waals surface area contributed by atoms with Gasteiger partial charge in [-0.2, -0.15) is 0 Å². The normalized spacial score (nSPS) is 23.4. The van der Waals surface area contributed by atoms with E-state index in [1.54, 1.807) is 13.1 Å². The zero-order valence-electron chi connectivity index (χ0n) is 11.6. The van der Waals surface area contributed by atoms with Crippen molar-refractivity contribution in [3.05, 3.63) is 29.3 Å². The average Bonchev–Trinajstić information content (AvgIpc) is 2.93. The van der Waals surface area contributed by atoms with Gasteiger partial charge in [-0.1, -0.05) is 6.07 Å². The summed E-state index contributed by atoms with van der Waals surface area (Å²) in [7, 11) is 1.63. The third-order valence-electron chi connectivity index (χ3n) is 4.23. The van der Waals surface area contributed by atoms with Crippen molar-refractivity contribution in [2.45, 2.75) is 18.4 Å². The van der Waals surface area contributed by atoms with Crippen molar-refractivity contribution in [2.24, 2.45) is 5.73 Å². The summed E-state index contributed by atoms with van der Waals surface area (Å²) >= 11 is 0. The molecule has 1 saturated heterocycles. The lowest BCUT2D eigenvalue weighted by atomic mass is 9.95. The largest absolute Gasteiger partial charge is 0.325 e. The molecule has 1 aromatic rings. The maximum atomic E-state index is 12.1. The van der Waals surface area contributed by atoms with Crippen molar-refractivity contribution >= 4 is 23.5 Å². The number of nitrogens with one attached hydrogen (secondary N) is 2. The molecule has 0 radical (unpaired) electrons. The summed E-state index contributed by atoms with van der Waals surface area (Å²) in [5.41, 5.74) is 7.05. The molecular weight excluding hydrogens is 272 g/mol. The monoisotopic (exact) mass is 288 g/mol. The number of anilines is 1. The van der Waals surface area contributed by atoms with Crippen molar-refractivity contribution in [1.82, 2.24) is 10.2 Å². The molecule has 4 N–H and O–H groups in total. The minimum atomic E-state index is -0.837. The van der Waals surface area contributed by atoms with E-state index in [1.807, 2.05) is 12.1 Å². The number of nitrogens with zero attached hydrogens (tertiary/aromatic N) is 1. The average molecular weight is 288 g/mol. The molecule has 3 rings (SSSR count). The second kappa shape index (κ2) is 4.56. The summed E-state index contributed by atoms with van der Waals surface area (Å²) in [6.45, 7) is -0.0827. The number of rotatable bonds is 2. The number of hydrogen-bond acceptors (Lipinski definition) is 4. The first-order valence-corrected chi connectivity index (χ1v) is 6.67. The Kier molecular flexibility index (Phi) is 2.94. The van der Waals surface area contributed by atoms with Crippen LogP contribution in [0.5, 0.6) is 0 Å². The van der Waals surface area contributed by atoms with Gasteiger partial charge in [0.1, 0.15) is 5.54 Å². The summed E-state index contributed by atoms with van der Waals surface area (Å²) in [4.78, 5) is 36.6. The van der Waals surface area contributed by atoms with Gasteiger partial charge < -0.3 is 16.0 Å². The summed E-state index contributed by atoms with van der Waals surface area (Å²) in [6, 6.07) is 5.12. The molecule has 7 heteroatoms. The predicted octanol–water partition coefficient (Wildman–Crippen LogP) is -0.397. The number of carbonyl (C=O) groups excluding carboxylic acids is 3. The van der Waals surface area contributed by atoms with Crippen LogP contribution in [0, 0.1) is 0 Å². The maximum absolute atomic E-state index is 12.1. The lowest BCUT2D eigenvalue weighted by Crippen LogP contribution is -2.48. The number of benzene rings is 1. The molecule has 0 bridgehead atoms.